The fourth-order valence-corrected chi connectivity index (χ4v) is 1.29. The van der Waals surface area contributed by atoms with Crippen molar-refractivity contribution in [1.29, 1.82) is 0 Å². The molecule has 4 nitrogen and oxygen atoms in total. The molecule has 0 bridgehead atoms. The second-order valence-corrected chi connectivity index (χ2v) is 2.98. The summed E-state index contributed by atoms with van der Waals surface area (Å²) in [5.41, 5.74) is -0.0694. The molecule has 0 amide bonds. The van der Waals surface area contributed by atoms with Crippen molar-refractivity contribution in [3.05, 3.63) is 33.8 Å². The summed E-state index contributed by atoms with van der Waals surface area (Å²) in [7, 11) is 0. The number of halogens is 1. The number of aromatic hydroxyl groups is 1. The van der Waals surface area contributed by atoms with Gasteiger partial charge in [0, 0.05) is 17.8 Å². The average molecular weight is 197 g/mol. The van der Waals surface area contributed by atoms with Gasteiger partial charge in [0.2, 0.25) is 0 Å². The molecule has 0 aliphatic heterocycles. The first-order valence-corrected chi connectivity index (χ1v) is 3.92. The van der Waals surface area contributed by atoms with Crippen LogP contribution in [0.2, 0.25) is 5.02 Å². The van der Waals surface area contributed by atoms with Gasteiger partial charge in [-0.25, -0.2) is 0 Å². The molecule has 0 fully saturated rings. The summed E-state index contributed by atoms with van der Waals surface area (Å²) in [4.78, 5) is 17.3. The summed E-state index contributed by atoms with van der Waals surface area (Å²) in [5.74, 6) is -0.337. The molecular formula is C8H5ClN2O2. The highest BCUT2D eigenvalue weighted by Gasteiger charge is 2.03. The number of aromatic nitrogens is 2. The van der Waals surface area contributed by atoms with Crippen LogP contribution >= 0.6 is 11.6 Å². The lowest BCUT2D eigenvalue weighted by atomic mass is 10.2. The van der Waals surface area contributed by atoms with E-state index in [-0.39, 0.29) is 5.75 Å². The first-order chi connectivity index (χ1) is 6.18. The van der Waals surface area contributed by atoms with E-state index in [1.54, 1.807) is 0 Å². The third kappa shape index (κ3) is 1.25. The van der Waals surface area contributed by atoms with Gasteiger partial charge in [0.1, 0.15) is 0 Å². The monoisotopic (exact) mass is 196 g/mol. The summed E-state index contributed by atoms with van der Waals surface area (Å²) in [6.45, 7) is 0. The van der Waals surface area contributed by atoms with Gasteiger partial charge in [-0.15, -0.1) is 0 Å². The van der Waals surface area contributed by atoms with Crippen LogP contribution in [0.25, 0.3) is 10.9 Å². The first kappa shape index (κ1) is 8.07. The fraction of sp³-hybridized carbons (Fsp3) is 0. The standard InChI is InChI=1S/C8H5ClN2O2/c9-5-3-10-2-4-1-6(12)8(13)11-7(4)5/h1-3,12H,(H,11,13). The molecule has 2 heterocycles. The smallest absolute Gasteiger partial charge is 0.290 e. The fourth-order valence-electron chi connectivity index (χ4n) is 1.08. The molecule has 2 rings (SSSR count). The lowest BCUT2D eigenvalue weighted by Crippen LogP contribution is -2.04. The molecule has 0 radical (unpaired) electrons. The molecule has 13 heavy (non-hydrogen) atoms. The van der Waals surface area contributed by atoms with E-state index in [0.717, 1.165) is 0 Å². The number of hydrogen-bond donors (Lipinski definition) is 2. The van der Waals surface area contributed by atoms with Crippen LogP contribution < -0.4 is 5.56 Å². The number of H-pyrrole nitrogens is 1. The molecule has 2 aromatic rings. The molecule has 0 saturated heterocycles. The molecular weight excluding hydrogens is 192 g/mol. The lowest BCUT2D eigenvalue weighted by Gasteiger charge is -1.98. The summed E-state index contributed by atoms with van der Waals surface area (Å²) >= 11 is 5.77. The van der Waals surface area contributed by atoms with Crippen molar-refractivity contribution in [1.82, 2.24) is 9.97 Å². The van der Waals surface area contributed by atoms with Gasteiger partial charge >= 0.3 is 0 Å². The zero-order valence-electron chi connectivity index (χ0n) is 6.41. The molecule has 0 aliphatic carbocycles. The van der Waals surface area contributed by atoms with Gasteiger partial charge < -0.3 is 10.1 Å². The highest BCUT2D eigenvalue weighted by atomic mass is 35.5. The lowest BCUT2D eigenvalue weighted by molar-refractivity contribution is 0.468. The van der Waals surface area contributed by atoms with Crippen LogP contribution in [0, 0.1) is 0 Å². The minimum Gasteiger partial charge on any atom is -0.503 e. The average Bonchev–Trinajstić information content (AvgIpc) is 2.09. The van der Waals surface area contributed by atoms with Crippen molar-refractivity contribution in [3.8, 4) is 5.75 Å². The topological polar surface area (TPSA) is 66.0 Å². The maximum Gasteiger partial charge on any atom is 0.290 e. The molecule has 0 spiro atoms. The van der Waals surface area contributed by atoms with E-state index >= 15 is 0 Å². The van der Waals surface area contributed by atoms with E-state index in [1.165, 1.54) is 18.5 Å². The van der Waals surface area contributed by atoms with Crippen LogP contribution in [0.5, 0.6) is 5.75 Å². The highest BCUT2D eigenvalue weighted by molar-refractivity contribution is 6.34. The van der Waals surface area contributed by atoms with Crippen LogP contribution in [0.15, 0.2) is 23.3 Å². The zero-order valence-corrected chi connectivity index (χ0v) is 7.17. The minimum absolute atomic E-state index is 0.337. The molecule has 0 atom stereocenters. The van der Waals surface area contributed by atoms with Crippen LogP contribution in [-0.2, 0) is 0 Å². The number of pyridine rings is 2. The molecule has 0 aliphatic rings. The van der Waals surface area contributed by atoms with Gasteiger partial charge in [0.15, 0.2) is 5.75 Å². The molecule has 0 saturated carbocycles. The normalized spacial score (nSPS) is 10.5. The summed E-state index contributed by atoms with van der Waals surface area (Å²) in [6, 6.07) is 1.33. The van der Waals surface area contributed by atoms with Crippen LogP contribution in [0.3, 0.4) is 0 Å². The maximum atomic E-state index is 11.0. The number of rotatable bonds is 0. The quantitative estimate of drug-likeness (QED) is 0.667. The number of aromatic amines is 1. The van der Waals surface area contributed by atoms with E-state index < -0.39 is 5.56 Å². The van der Waals surface area contributed by atoms with Crippen molar-refractivity contribution in [2.75, 3.05) is 0 Å². The third-order valence-electron chi connectivity index (χ3n) is 1.69. The van der Waals surface area contributed by atoms with E-state index in [0.29, 0.717) is 15.9 Å². The van der Waals surface area contributed by atoms with Crippen LogP contribution in [0.1, 0.15) is 0 Å². The molecule has 2 aromatic heterocycles. The molecule has 2 N–H and O–H groups in total. The zero-order chi connectivity index (χ0) is 9.42. The summed E-state index contributed by atoms with van der Waals surface area (Å²) in [6.07, 6.45) is 2.94. The maximum absolute atomic E-state index is 11.0. The van der Waals surface area contributed by atoms with Gasteiger partial charge in [0.05, 0.1) is 10.5 Å². The van der Waals surface area contributed by atoms with Gasteiger partial charge in [-0.2, -0.15) is 0 Å². The molecule has 5 heteroatoms. The van der Waals surface area contributed by atoms with Gasteiger partial charge in [-0.3, -0.25) is 9.78 Å². The Kier molecular flexibility index (Phi) is 1.70. The summed E-state index contributed by atoms with van der Waals surface area (Å²) < 4.78 is 0. The van der Waals surface area contributed by atoms with Crippen molar-refractivity contribution in [2.24, 2.45) is 0 Å². The van der Waals surface area contributed by atoms with Crippen molar-refractivity contribution in [2.45, 2.75) is 0 Å². The Morgan fingerprint density at radius 3 is 3.00 bits per heavy atom. The largest absolute Gasteiger partial charge is 0.503 e. The predicted molar refractivity (Wildman–Crippen MR) is 49.0 cm³/mol. The summed E-state index contributed by atoms with van der Waals surface area (Å²) in [5, 5.41) is 10.1. The Balaban J connectivity index is 2.97. The van der Waals surface area contributed by atoms with Gasteiger partial charge in [-0.05, 0) is 6.07 Å². The Morgan fingerprint density at radius 1 is 1.46 bits per heavy atom. The Bertz CT molecular complexity index is 521. The SMILES string of the molecule is O=c1[nH]c2c(Cl)cncc2cc1O. The Morgan fingerprint density at radius 2 is 2.23 bits per heavy atom. The van der Waals surface area contributed by atoms with E-state index in [4.69, 9.17) is 16.7 Å². The van der Waals surface area contributed by atoms with Crippen molar-refractivity contribution < 1.29 is 5.11 Å². The Hall–Kier alpha value is -1.55. The number of nitrogens with zero attached hydrogens (tertiary/aromatic N) is 1. The van der Waals surface area contributed by atoms with Crippen LogP contribution in [0.4, 0.5) is 0 Å². The van der Waals surface area contributed by atoms with Gasteiger partial charge in [0.25, 0.3) is 5.56 Å². The molecule has 66 valence electrons. The van der Waals surface area contributed by atoms with Crippen molar-refractivity contribution in [3.63, 3.8) is 0 Å². The van der Waals surface area contributed by atoms with Crippen LogP contribution in [-0.4, -0.2) is 15.1 Å². The molecule has 0 unspecified atom stereocenters. The number of nitrogens with one attached hydrogen (secondary N) is 1. The van der Waals surface area contributed by atoms with E-state index in [9.17, 15) is 4.79 Å². The highest BCUT2D eigenvalue weighted by Crippen LogP contribution is 2.19. The third-order valence-corrected chi connectivity index (χ3v) is 1.98. The van der Waals surface area contributed by atoms with E-state index in [1.807, 2.05) is 0 Å². The van der Waals surface area contributed by atoms with E-state index in [2.05, 4.69) is 9.97 Å². The second kappa shape index (κ2) is 2.74. The molecule has 0 aromatic carbocycles. The second-order valence-electron chi connectivity index (χ2n) is 2.57. The Labute approximate surface area is 77.8 Å². The first-order valence-electron chi connectivity index (χ1n) is 3.54. The number of hydrogen-bond acceptors (Lipinski definition) is 3. The van der Waals surface area contributed by atoms with Crippen molar-refractivity contribution >= 4 is 22.5 Å². The number of fused-ring (bicyclic) bond motifs is 1. The minimum atomic E-state index is -0.555. The van der Waals surface area contributed by atoms with Gasteiger partial charge in [-0.1, -0.05) is 11.6 Å². The predicted octanol–water partition coefficient (Wildman–Crippen LogP) is 1.28.